The Morgan fingerprint density at radius 1 is 1.12 bits per heavy atom. The molecule has 0 radical (unpaired) electrons. The summed E-state index contributed by atoms with van der Waals surface area (Å²) < 4.78 is 5.15. The number of carbonyl (C=O) groups excluding carboxylic acids is 1. The van der Waals surface area contributed by atoms with Crippen LogP contribution in [-0.4, -0.2) is 19.2 Å². The highest BCUT2D eigenvalue weighted by Gasteiger charge is 3.01. The van der Waals surface area contributed by atoms with Crippen molar-refractivity contribution in [3.63, 3.8) is 0 Å². The van der Waals surface area contributed by atoms with Crippen LogP contribution in [0.15, 0.2) is 59.7 Å². The van der Waals surface area contributed by atoms with E-state index < -0.39 is 0 Å². The lowest BCUT2D eigenvalue weighted by Crippen LogP contribution is -2.31. The van der Waals surface area contributed by atoms with Crippen LogP contribution in [0.25, 0.3) is 0 Å². The maximum atomic E-state index is 13.0. The number of carbonyl (C=O) groups is 1. The lowest BCUT2D eigenvalue weighted by Gasteiger charge is -2.27. The van der Waals surface area contributed by atoms with Gasteiger partial charge in [0.2, 0.25) is 5.91 Å². The summed E-state index contributed by atoms with van der Waals surface area (Å²) in [6, 6.07) is 18.2. The summed E-state index contributed by atoms with van der Waals surface area (Å²) >= 11 is 0. The lowest BCUT2D eigenvalue weighted by atomic mass is 9.77. The molecule has 2 unspecified atom stereocenters. The summed E-state index contributed by atoms with van der Waals surface area (Å²) in [6.45, 7) is 0. The number of ether oxygens (including phenoxy) is 1. The molecule has 4 heteroatoms. The first-order valence-corrected chi connectivity index (χ1v) is 9.29. The molecule has 3 saturated carbocycles. The van der Waals surface area contributed by atoms with E-state index in [4.69, 9.17) is 4.74 Å². The number of nitrogens with one attached hydrogen (secondary N) is 1. The van der Waals surface area contributed by atoms with E-state index in [0.29, 0.717) is 11.8 Å². The summed E-state index contributed by atoms with van der Waals surface area (Å²) in [6.07, 6.45) is 5.24. The highest BCUT2D eigenvalue weighted by Crippen LogP contribution is 2.97. The molecule has 0 bridgehead atoms. The van der Waals surface area contributed by atoms with Crippen molar-refractivity contribution in [2.24, 2.45) is 22.4 Å². The fourth-order valence-corrected chi connectivity index (χ4v) is 5.84. The molecule has 5 rings (SSSR count). The molecule has 0 aromatic heterocycles. The highest BCUT2D eigenvalue weighted by atomic mass is 16.5. The minimum atomic E-state index is -0.205. The molecule has 0 spiro atoms. The van der Waals surface area contributed by atoms with Gasteiger partial charge in [-0.05, 0) is 60.1 Å². The zero-order valence-electron chi connectivity index (χ0n) is 14.8. The Morgan fingerprint density at radius 2 is 1.81 bits per heavy atom. The van der Waals surface area contributed by atoms with Crippen molar-refractivity contribution in [2.45, 2.75) is 24.7 Å². The van der Waals surface area contributed by atoms with Crippen molar-refractivity contribution in [3.05, 3.63) is 65.7 Å². The van der Waals surface area contributed by atoms with Crippen LogP contribution in [0.4, 0.5) is 0 Å². The largest absolute Gasteiger partial charge is 0.497 e. The van der Waals surface area contributed by atoms with E-state index in [-0.39, 0.29) is 16.7 Å². The van der Waals surface area contributed by atoms with Gasteiger partial charge in [0.1, 0.15) is 5.75 Å². The first-order chi connectivity index (χ1) is 12.8. The standard InChI is InChI=1S/C22H22N2O2/c1-26-17-12-10-15(11-13-17)14-23-24-20(25)22-18-8-5-9-19(22)21(18,22)16-6-3-2-4-7-16/h2-4,6-7,10-14,18-19H,5,8-9H2,1H3,(H,24,25)/b23-14-/t18-,19+,21?,22?. The minimum absolute atomic E-state index is 0.0895. The fourth-order valence-electron chi connectivity index (χ4n) is 5.84. The van der Waals surface area contributed by atoms with Crippen LogP contribution in [0.5, 0.6) is 5.75 Å². The molecule has 4 nitrogen and oxygen atoms in total. The summed E-state index contributed by atoms with van der Waals surface area (Å²) in [5.41, 5.74) is 4.98. The van der Waals surface area contributed by atoms with E-state index in [2.05, 4.69) is 34.8 Å². The molecule has 0 aliphatic heterocycles. The summed E-state index contributed by atoms with van der Waals surface area (Å²) in [7, 11) is 1.64. The predicted octanol–water partition coefficient (Wildman–Crippen LogP) is 3.51. The van der Waals surface area contributed by atoms with Crippen molar-refractivity contribution >= 4 is 12.1 Å². The van der Waals surface area contributed by atoms with Crippen LogP contribution in [0.1, 0.15) is 30.4 Å². The zero-order valence-corrected chi connectivity index (χ0v) is 14.8. The van der Waals surface area contributed by atoms with Crippen molar-refractivity contribution in [1.82, 2.24) is 5.43 Å². The lowest BCUT2D eigenvalue weighted by molar-refractivity contribution is -0.126. The van der Waals surface area contributed by atoms with Crippen LogP contribution >= 0.6 is 0 Å². The Bertz CT molecular complexity index is 861. The molecular formula is C22H22N2O2. The van der Waals surface area contributed by atoms with E-state index in [0.717, 1.165) is 24.2 Å². The van der Waals surface area contributed by atoms with Gasteiger partial charge in [-0.25, -0.2) is 5.43 Å². The van der Waals surface area contributed by atoms with Crippen molar-refractivity contribution in [3.8, 4) is 5.75 Å². The third-order valence-electron chi connectivity index (χ3n) is 6.82. The fraction of sp³-hybridized carbons (Fsp3) is 0.364. The van der Waals surface area contributed by atoms with Gasteiger partial charge in [0.25, 0.3) is 0 Å². The number of nitrogens with zero attached hydrogens (tertiary/aromatic N) is 1. The third kappa shape index (κ3) is 1.79. The molecule has 26 heavy (non-hydrogen) atoms. The van der Waals surface area contributed by atoms with Gasteiger partial charge in [-0.15, -0.1) is 0 Å². The normalized spacial score (nSPS) is 33.4. The number of hydrazone groups is 1. The van der Waals surface area contributed by atoms with Gasteiger partial charge in [0, 0.05) is 5.41 Å². The average Bonchev–Trinajstić information content (AvgIpc) is 3.56. The van der Waals surface area contributed by atoms with E-state index in [1.807, 2.05) is 30.3 Å². The molecular weight excluding hydrogens is 324 g/mol. The van der Waals surface area contributed by atoms with Crippen LogP contribution in [-0.2, 0) is 10.2 Å². The highest BCUT2D eigenvalue weighted by molar-refractivity contribution is 5.97. The average molecular weight is 346 g/mol. The minimum Gasteiger partial charge on any atom is -0.497 e. The maximum absolute atomic E-state index is 13.0. The first-order valence-electron chi connectivity index (χ1n) is 9.29. The van der Waals surface area contributed by atoms with Crippen molar-refractivity contribution < 1.29 is 9.53 Å². The van der Waals surface area contributed by atoms with Gasteiger partial charge in [-0.2, -0.15) is 5.10 Å². The number of hydrogen-bond donors (Lipinski definition) is 1. The smallest absolute Gasteiger partial charge is 0.247 e. The molecule has 4 atom stereocenters. The summed E-state index contributed by atoms with van der Waals surface area (Å²) in [4.78, 5) is 13.0. The SMILES string of the molecule is COc1ccc(/C=N\NC(=O)C23[C@H]4CCC[C@@H]2C43c2ccccc2)cc1. The molecule has 2 aromatic carbocycles. The van der Waals surface area contributed by atoms with E-state index in [1.54, 1.807) is 13.3 Å². The van der Waals surface area contributed by atoms with Gasteiger partial charge in [-0.1, -0.05) is 36.8 Å². The van der Waals surface area contributed by atoms with E-state index in [1.165, 1.54) is 12.0 Å². The molecule has 3 aliphatic carbocycles. The predicted molar refractivity (Wildman–Crippen MR) is 100 cm³/mol. The van der Waals surface area contributed by atoms with Gasteiger partial charge in [0.15, 0.2) is 0 Å². The van der Waals surface area contributed by atoms with Crippen LogP contribution in [0.3, 0.4) is 0 Å². The topological polar surface area (TPSA) is 50.7 Å². The Labute approximate surface area is 153 Å². The molecule has 132 valence electrons. The quantitative estimate of drug-likeness (QED) is 0.665. The van der Waals surface area contributed by atoms with E-state index in [9.17, 15) is 4.79 Å². The van der Waals surface area contributed by atoms with E-state index >= 15 is 0 Å². The van der Waals surface area contributed by atoms with Crippen LogP contribution < -0.4 is 10.2 Å². The first kappa shape index (κ1) is 15.6. The van der Waals surface area contributed by atoms with Gasteiger partial charge < -0.3 is 4.74 Å². The number of fused-ring (bicyclic) bond motifs is 2. The molecule has 1 amide bonds. The Kier molecular flexibility index (Phi) is 3.27. The second kappa shape index (κ2) is 5.44. The molecule has 0 heterocycles. The van der Waals surface area contributed by atoms with Crippen molar-refractivity contribution in [1.29, 1.82) is 0 Å². The summed E-state index contributed by atoms with van der Waals surface area (Å²) in [5, 5.41) is 4.22. The number of methoxy groups -OCH3 is 1. The molecule has 2 aromatic rings. The third-order valence-corrected chi connectivity index (χ3v) is 6.82. The zero-order chi connectivity index (χ0) is 17.8. The second-order valence-corrected chi connectivity index (χ2v) is 7.61. The molecule has 3 aliphatic rings. The second-order valence-electron chi connectivity index (χ2n) is 7.61. The molecule has 3 fully saturated rings. The Morgan fingerprint density at radius 3 is 2.46 bits per heavy atom. The number of amides is 1. The van der Waals surface area contributed by atoms with Gasteiger partial charge >= 0.3 is 0 Å². The number of benzene rings is 2. The Hall–Kier alpha value is -2.62. The van der Waals surface area contributed by atoms with Crippen LogP contribution in [0.2, 0.25) is 0 Å². The molecule has 0 saturated heterocycles. The number of hydrogen-bond acceptors (Lipinski definition) is 3. The van der Waals surface area contributed by atoms with Crippen LogP contribution in [0, 0.1) is 17.3 Å². The van der Waals surface area contributed by atoms with Crippen molar-refractivity contribution in [2.75, 3.05) is 7.11 Å². The van der Waals surface area contributed by atoms with Gasteiger partial charge in [0.05, 0.1) is 18.7 Å². The molecule has 1 N–H and O–H groups in total. The maximum Gasteiger partial charge on any atom is 0.247 e. The van der Waals surface area contributed by atoms with Gasteiger partial charge in [-0.3, -0.25) is 4.79 Å². The number of rotatable bonds is 5. The summed E-state index contributed by atoms with van der Waals surface area (Å²) in [5.74, 6) is 1.89. The Balaban J connectivity index is 1.32. The monoisotopic (exact) mass is 346 g/mol.